The monoisotopic (exact) mass is 527 g/mol. The number of aliphatic hydroxyl groups excluding tert-OH is 2. The zero-order valence-corrected chi connectivity index (χ0v) is 23.5. The standard InChI is InChI=1S/C28H49NO6S/c1-5-29(14-15-36(33,34)35)25(32)9-6-18(2)21-7-8-22-26-23(11-13-28(21,22)4)27(3)12-10-20(30)16-19(27)17-24(26)31/h18-24,26,30-31H,5-17H2,1-4H3,(H,33,34,35)/t18?,19-,20+,21?,22?,23?,24-,26?,27-,28+/m0/s1. The molecular formula is C28H49NO6S. The van der Waals surface area contributed by atoms with Crippen molar-refractivity contribution in [2.24, 2.45) is 46.3 Å². The van der Waals surface area contributed by atoms with Crippen LogP contribution in [0.25, 0.3) is 0 Å². The van der Waals surface area contributed by atoms with E-state index in [0.717, 1.165) is 51.4 Å². The molecular weight excluding hydrogens is 478 g/mol. The van der Waals surface area contributed by atoms with E-state index in [-0.39, 0.29) is 35.5 Å². The second-order valence-electron chi connectivity index (χ2n) is 13.2. The maximum absolute atomic E-state index is 12.8. The SMILES string of the molecule is CCN(CCS(=O)(=O)O)C(=O)CCC(C)C1CCC2C3C(CC[C@]12C)[C@@]1(C)CC[C@@H](O)C[C@H]1C[C@@H]3O. The zero-order valence-electron chi connectivity index (χ0n) is 22.7. The molecule has 4 saturated carbocycles. The van der Waals surface area contributed by atoms with E-state index in [9.17, 15) is 23.4 Å². The number of fused-ring (bicyclic) bond motifs is 5. The topological polar surface area (TPSA) is 115 Å². The molecule has 0 spiro atoms. The first-order chi connectivity index (χ1) is 16.8. The molecule has 0 aromatic rings. The van der Waals surface area contributed by atoms with Gasteiger partial charge in [-0.2, -0.15) is 8.42 Å². The summed E-state index contributed by atoms with van der Waals surface area (Å²) in [6, 6.07) is 0. The molecule has 0 saturated heterocycles. The van der Waals surface area contributed by atoms with Gasteiger partial charge < -0.3 is 15.1 Å². The van der Waals surface area contributed by atoms with Gasteiger partial charge in [-0.15, -0.1) is 0 Å². The summed E-state index contributed by atoms with van der Waals surface area (Å²) in [6.07, 6.45) is 8.94. The summed E-state index contributed by atoms with van der Waals surface area (Å²) in [7, 11) is -4.08. The number of amides is 1. The first-order valence-corrected chi connectivity index (χ1v) is 16.0. The van der Waals surface area contributed by atoms with Crippen LogP contribution in [0.2, 0.25) is 0 Å². The molecule has 0 heterocycles. The van der Waals surface area contributed by atoms with Crippen molar-refractivity contribution in [3.8, 4) is 0 Å². The Bertz CT molecular complexity index is 910. The second-order valence-corrected chi connectivity index (χ2v) is 14.8. The van der Waals surface area contributed by atoms with Crippen LogP contribution in [0, 0.1) is 46.3 Å². The number of aliphatic hydroxyl groups is 2. The van der Waals surface area contributed by atoms with Gasteiger partial charge in [-0.1, -0.05) is 20.8 Å². The summed E-state index contributed by atoms with van der Waals surface area (Å²) in [6.45, 7) is 9.45. The van der Waals surface area contributed by atoms with E-state index < -0.39 is 15.9 Å². The van der Waals surface area contributed by atoms with E-state index in [1.807, 2.05) is 6.92 Å². The van der Waals surface area contributed by atoms with Crippen molar-refractivity contribution in [1.82, 2.24) is 4.90 Å². The maximum Gasteiger partial charge on any atom is 0.266 e. The molecule has 3 N–H and O–H groups in total. The lowest BCUT2D eigenvalue weighted by molar-refractivity contribution is -0.174. The molecule has 0 aliphatic heterocycles. The summed E-state index contributed by atoms with van der Waals surface area (Å²) >= 11 is 0. The van der Waals surface area contributed by atoms with Crippen LogP contribution in [0.5, 0.6) is 0 Å². The predicted octanol–water partition coefficient (Wildman–Crippen LogP) is 4.13. The van der Waals surface area contributed by atoms with Crippen molar-refractivity contribution < 1.29 is 28.0 Å². The molecule has 5 unspecified atom stereocenters. The van der Waals surface area contributed by atoms with E-state index in [1.165, 1.54) is 11.3 Å². The number of hydrogen-bond donors (Lipinski definition) is 3. The second kappa shape index (κ2) is 10.5. The molecule has 7 nitrogen and oxygen atoms in total. The predicted molar refractivity (Wildman–Crippen MR) is 140 cm³/mol. The fraction of sp³-hybridized carbons (Fsp3) is 0.964. The van der Waals surface area contributed by atoms with Crippen molar-refractivity contribution >= 4 is 16.0 Å². The van der Waals surface area contributed by atoms with Crippen molar-refractivity contribution in [2.45, 2.75) is 104 Å². The minimum Gasteiger partial charge on any atom is -0.393 e. The number of carbonyl (C=O) groups is 1. The third-order valence-corrected chi connectivity index (χ3v) is 12.3. The van der Waals surface area contributed by atoms with E-state index in [1.54, 1.807) is 0 Å². The molecule has 0 bridgehead atoms. The number of rotatable bonds is 8. The molecule has 36 heavy (non-hydrogen) atoms. The van der Waals surface area contributed by atoms with E-state index in [0.29, 0.717) is 48.5 Å². The first kappa shape index (κ1) is 28.3. The molecule has 0 aromatic heterocycles. The summed E-state index contributed by atoms with van der Waals surface area (Å²) in [5.74, 6) is 2.26. The van der Waals surface area contributed by atoms with Crippen LogP contribution >= 0.6 is 0 Å². The lowest BCUT2D eigenvalue weighted by Crippen LogP contribution is -2.58. The van der Waals surface area contributed by atoms with Crippen LogP contribution in [-0.4, -0.2) is 65.0 Å². The molecule has 8 heteroatoms. The summed E-state index contributed by atoms with van der Waals surface area (Å²) in [5.41, 5.74) is 0.406. The van der Waals surface area contributed by atoms with Crippen LogP contribution in [0.15, 0.2) is 0 Å². The molecule has 4 fully saturated rings. The van der Waals surface area contributed by atoms with Gasteiger partial charge in [0.15, 0.2) is 0 Å². The molecule has 0 radical (unpaired) electrons. The van der Waals surface area contributed by atoms with Crippen molar-refractivity contribution in [3.05, 3.63) is 0 Å². The van der Waals surface area contributed by atoms with E-state index in [2.05, 4.69) is 20.8 Å². The fourth-order valence-corrected chi connectivity index (χ4v) is 10.0. The summed E-state index contributed by atoms with van der Waals surface area (Å²) < 4.78 is 31.3. The molecule has 4 aliphatic rings. The highest BCUT2D eigenvalue weighted by atomic mass is 32.2. The Morgan fingerprint density at radius 1 is 1.03 bits per heavy atom. The number of hydrogen-bond acceptors (Lipinski definition) is 5. The van der Waals surface area contributed by atoms with Gasteiger partial charge in [0.05, 0.1) is 18.0 Å². The van der Waals surface area contributed by atoms with Gasteiger partial charge >= 0.3 is 0 Å². The van der Waals surface area contributed by atoms with E-state index in [4.69, 9.17) is 4.55 Å². The Kier molecular flexibility index (Phi) is 8.23. The highest BCUT2D eigenvalue weighted by Gasteiger charge is 2.62. The Morgan fingerprint density at radius 2 is 1.69 bits per heavy atom. The lowest BCUT2D eigenvalue weighted by atomic mass is 9.43. The van der Waals surface area contributed by atoms with Gasteiger partial charge in [0.1, 0.15) is 0 Å². The Hall–Kier alpha value is -0.700. The molecule has 4 rings (SSSR count). The van der Waals surface area contributed by atoms with Gasteiger partial charge in [0.25, 0.3) is 10.1 Å². The molecule has 208 valence electrons. The summed E-state index contributed by atoms with van der Waals surface area (Å²) in [4.78, 5) is 14.3. The minimum absolute atomic E-state index is 0.0313. The highest BCUT2D eigenvalue weighted by molar-refractivity contribution is 7.85. The zero-order chi connectivity index (χ0) is 26.5. The third-order valence-electron chi connectivity index (χ3n) is 11.6. The number of carbonyl (C=O) groups excluding carboxylic acids is 1. The van der Waals surface area contributed by atoms with Gasteiger partial charge in [-0.05, 0) is 111 Å². The fourth-order valence-electron chi connectivity index (χ4n) is 9.57. The van der Waals surface area contributed by atoms with Crippen molar-refractivity contribution in [3.63, 3.8) is 0 Å². The Labute approximate surface area is 218 Å². The van der Waals surface area contributed by atoms with Crippen LogP contribution < -0.4 is 0 Å². The van der Waals surface area contributed by atoms with Gasteiger partial charge in [0.2, 0.25) is 5.91 Å². The van der Waals surface area contributed by atoms with Crippen LogP contribution in [0.1, 0.15) is 91.9 Å². The smallest absolute Gasteiger partial charge is 0.266 e. The van der Waals surface area contributed by atoms with Gasteiger partial charge in [-0.25, -0.2) is 0 Å². The van der Waals surface area contributed by atoms with Gasteiger partial charge in [0, 0.05) is 19.5 Å². The van der Waals surface area contributed by atoms with Crippen LogP contribution in [0.3, 0.4) is 0 Å². The average Bonchev–Trinajstić information content (AvgIpc) is 3.15. The number of nitrogens with zero attached hydrogens (tertiary/aromatic N) is 1. The molecule has 10 atom stereocenters. The quantitative estimate of drug-likeness (QED) is 0.409. The third kappa shape index (κ3) is 5.26. The maximum atomic E-state index is 12.8. The minimum atomic E-state index is -4.08. The molecule has 4 aliphatic carbocycles. The first-order valence-electron chi connectivity index (χ1n) is 14.4. The molecule has 1 amide bonds. The van der Waals surface area contributed by atoms with Crippen LogP contribution in [0.4, 0.5) is 0 Å². The summed E-state index contributed by atoms with van der Waals surface area (Å²) in [5, 5.41) is 21.7. The van der Waals surface area contributed by atoms with E-state index >= 15 is 0 Å². The van der Waals surface area contributed by atoms with Crippen molar-refractivity contribution in [1.29, 1.82) is 0 Å². The molecule has 0 aromatic carbocycles. The van der Waals surface area contributed by atoms with Crippen molar-refractivity contribution in [2.75, 3.05) is 18.8 Å². The lowest BCUT2D eigenvalue weighted by Gasteiger charge is -2.62. The highest BCUT2D eigenvalue weighted by Crippen LogP contribution is 2.68. The van der Waals surface area contributed by atoms with Crippen LogP contribution in [-0.2, 0) is 14.9 Å². The average molecular weight is 528 g/mol. The normalized spacial score (nSPS) is 43.2. The Balaban J connectivity index is 1.41. The Morgan fingerprint density at radius 3 is 2.36 bits per heavy atom. The largest absolute Gasteiger partial charge is 0.393 e. The van der Waals surface area contributed by atoms with Gasteiger partial charge in [-0.3, -0.25) is 9.35 Å².